The number of carbonyl (C=O) groups excluding carboxylic acids is 1. The SMILES string of the molecule is COCC1CCCN(C(=O)CCSc2ccccc2)C1. The van der Waals surface area contributed by atoms with Crippen molar-refractivity contribution >= 4 is 17.7 Å². The van der Waals surface area contributed by atoms with E-state index in [0.717, 1.165) is 31.9 Å². The van der Waals surface area contributed by atoms with Gasteiger partial charge < -0.3 is 9.64 Å². The van der Waals surface area contributed by atoms with E-state index >= 15 is 0 Å². The van der Waals surface area contributed by atoms with E-state index in [-0.39, 0.29) is 5.91 Å². The quantitative estimate of drug-likeness (QED) is 0.755. The topological polar surface area (TPSA) is 29.5 Å². The second-order valence-corrected chi connectivity index (χ2v) is 6.38. The lowest BCUT2D eigenvalue weighted by atomic mass is 9.99. The predicted octanol–water partition coefficient (Wildman–Crippen LogP) is 3.05. The highest BCUT2D eigenvalue weighted by Gasteiger charge is 2.23. The van der Waals surface area contributed by atoms with Gasteiger partial charge in [0, 0.05) is 37.3 Å². The molecule has 1 aromatic carbocycles. The van der Waals surface area contributed by atoms with Gasteiger partial charge in [-0.25, -0.2) is 0 Å². The van der Waals surface area contributed by atoms with E-state index in [4.69, 9.17) is 4.74 Å². The Morgan fingerprint density at radius 2 is 2.20 bits per heavy atom. The van der Waals surface area contributed by atoms with E-state index < -0.39 is 0 Å². The van der Waals surface area contributed by atoms with Crippen LogP contribution in [0.5, 0.6) is 0 Å². The van der Waals surface area contributed by atoms with Crippen LogP contribution in [-0.2, 0) is 9.53 Å². The standard InChI is InChI=1S/C16H23NO2S/c1-19-13-14-6-5-10-17(12-14)16(18)9-11-20-15-7-3-2-4-8-15/h2-4,7-8,14H,5-6,9-13H2,1H3. The molecule has 0 aromatic heterocycles. The number of nitrogens with zero attached hydrogens (tertiary/aromatic N) is 1. The molecule has 0 N–H and O–H groups in total. The molecule has 0 bridgehead atoms. The third kappa shape index (κ3) is 4.84. The Bertz CT molecular complexity index is 408. The van der Waals surface area contributed by atoms with Crippen molar-refractivity contribution in [1.82, 2.24) is 4.90 Å². The molecule has 1 atom stereocenters. The molecule has 110 valence electrons. The molecule has 2 rings (SSSR count). The van der Waals surface area contributed by atoms with Gasteiger partial charge in [-0.15, -0.1) is 11.8 Å². The normalized spacial score (nSPS) is 19.1. The van der Waals surface area contributed by atoms with E-state index in [1.807, 2.05) is 23.1 Å². The smallest absolute Gasteiger partial charge is 0.223 e. The molecule has 1 saturated heterocycles. The second kappa shape index (κ2) is 8.32. The van der Waals surface area contributed by atoms with Gasteiger partial charge in [0.2, 0.25) is 5.91 Å². The fraction of sp³-hybridized carbons (Fsp3) is 0.562. The van der Waals surface area contributed by atoms with Gasteiger partial charge in [-0.05, 0) is 30.9 Å². The number of piperidine rings is 1. The van der Waals surface area contributed by atoms with Crippen molar-refractivity contribution in [3.63, 3.8) is 0 Å². The zero-order valence-corrected chi connectivity index (χ0v) is 12.9. The highest BCUT2D eigenvalue weighted by molar-refractivity contribution is 7.99. The van der Waals surface area contributed by atoms with Crippen LogP contribution >= 0.6 is 11.8 Å². The molecule has 0 aliphatic carbocycles. The van der Waals surface area contributed by atoms with Crippen LogP contribution in [0.2, 0.25) is 0 Å². The second-order valence-electron chi connectivity index (χ2n) is 5.21. The summed E-state index contributed by atoms with van der Waals surface area (Å²) >= 11 is 1.75. The van der Waals surface area contributed by atoms with Gasteiger partial charge >= 0.3 is 0 Å². The molecule has 4 heteroatoms. The molecule has 1 aliphatic rings. The lowest BCUT2D eigenvalue weighted by molar-refractivity contribution is -0.132. The Hall–Kier alpha value is -1.00. The fourth-order valence-corrected chi connectivity index (χ4v) is 3.46. The molecular weight excluding hydrogens is 270 g/mol. The van der Waals surface area contributed by atoms with Crippen molar-refractivity contribution in [3.05, 3.63) is 30.3 Å². The largest absolute Gasteiger partial charge is 0.384 e. The van der Waals surface area contributed by atoms with Gasteiger partial charge in [0.1, 0.15) is 0 Å². The summed E-state index contributed by atoms with van der Waals surface area (Å²) in [6.45, 7) is 2.54. The summed E-state index contributed by atoms with van der Waals surface area (Å²) in [7, 11) is 1.73. The van der Waals surface area contributed by atoms with Crippen LogP contribution in [0.4, 0.5) is 0 Å². The van der Waals surface area contributed by atoms with Gasteiger partial charge in [0.05, 0.1) is 6.61 Å². The van der Waals surface area contributed by atoms with Crippen molar-refractivity contribution in [2.75, 3.05) is 32.6 Å². The first-order valence-corrected chi connectivity index (χ1v) is 8.22. The van der Waals surface area contributed by atoms with Crippen LogP contribution in [0, 0.1) is 5.92 Å². The summed E-state index contributed by atoms with van der Waals surface area (Å²) in [5, 5.41) is 0. The average molecular weight is 293 g/mol. The molecule has 0 saturated carbocycles. The van der Waals surface area contributed by atoms with Gasteiger partial charge in [-0.1, -0.05) is 18.2 Å². The molecule has 1 amide bonds. The van der Waals surface area contributed by atoms with Crippen molar-refractivity contribution in [2.45, 2.75) is 24.2 Å². The Balaban J connectivity index is 1.71. The molecule has 20 heavy (non-hydrogen) atoms. The van der Waals surface area contributed by atoms with Gasteiger partial charge in [-0.3, -0.25) is 4.79 Å². The molecule has 0 spiro atoms. The molecule has 3 nitrogen and oxygen atoms in total. The number of hydrogen-bond acceptors (Lipinski definition) is 3. The monoisotopic (exact) mass is 293 g/mol. The highest BCUT2D eigenvalue weighted by atomic mass is 32.2. The Kier molecular flexibility index (Phi) is 6.40. The number of hydrogen-bond donors (Lipinski definition) is 0. The first-order valence-electron chi connectivity index (χ1n) is 7.24. The van der Waals surface area contributed by atoms with Crippen molar-refractivity contribution in [2.24, 2.45) is 5.92 Å². The van der Waals surface area contributed by atoms with Crippen LogP contribution in [0.1, 0.15) is 19.3 Å². The zero-order chi connectivity index (χ0) is 14.2. The highest BCUT2D eigenvalue weighted by Crippen LogP contribution is 2.20. The molecule has 0 radical (unpaired) electrons. The van der Waals surface area contributed by atoms with Crippen molar-refractivity contribution < 1.29 is 9.53 Å². The Morgan fingerprint density at radius 3 is 2.95 bits per heavy atom. The number of ether oxygens (including phenoxy) is 1. The van der Waals surface area contributed by atoms with Gasteiger partial charge in [0.25, 0.3) is 0 Å². The predicted molar refractivity (Wildman–Crippen MR) is 83.0 cm³/mol. The van der Waals surface area contributed by atoms with Crippen molar-refractivity contribution in [3.8, 4) is 0 Å². The Labute approximate surface area is 125 Å². The van der Waals surface area contributed by atoms with Crippen LogP contribution in [0.15, 0.2) is 35.2 Å². The molecule has 1 fully saturated rings. The summed E-state index contributed by atoms with van der Waals surface area (Å²) in [6, 6.07) is 10.3. The summed E-state index contributed by atoms with van der Waals surface area (Å²) < 4.78 is 5.21. The Morgan fingerprint density at radius 1 is 1.40 bits per heavy atom. The summed E-state index contributed by atoms with van der Waals surface area (Å²) in [5.41, 5.74) is 0. The fourth-order valence-electron chi connectivity index (χ4n) is 2.59. The maximum absolute atomic E-state index is 12.2. The van der Waals surface area contributed by atoms with E-state index in [1.165, 1.54) is 11.3 Å². The number of carbonyl (C=O) groups is 1. The summed E-state index contributed by atoms with van der Waals surface area (Å²) in [5.74, 6) is 1.66. The van der Waals surface area contributed by atoms with Gasteiger partial charge in [-0.2, -0.15) is 0 Å². The number of likely N-dealkylation sites (tertiary alicyclic amines) is 1. The van der Waals surface area contributed by atoms with Crippen LogP contribution in [0.25, 0.3) is 0 Å². The van der Waals surface area contributed by atoms with E-state index in [2.05, 4.69) is 12.1 Å². The van der Waals surface area contributed by atoms with E-state index in [9.17, 15) is 4.79 Å². The molecule has 1 aromatic rings. The first-order chi connectivity index (χ1) is 9.79. The maximum Gasteiger partial charge on any atom is 0.223 e. The van der Waals surface area contributed by atoms with Crippen LogP contribution < -0.4 is 0 Å². The molecule has 1 heterocycles. The third-order valence-electron chi connectivity index (χ3n) is 3.60. The average Bonchev–Trinajstić information content (AvgIpc) is 2.49. The number of thioether (sulfide) groups is 1. The number of rotatable bonds is 6. The molecule has 1 unspecified atom stereocenters. The van der Waals surface area contributed by atoms with Crippen molar-refractivity contribution in [1.29, 1.82) is 0 Å². The zero-order valence-electron chi connectivity index (χ0n) is 12.1. The van der Waals surface area contributed by atoms with E-state index in [0.29, 0.717) is 12.3 Å². The summed E-state index contributed by atoms with van der Waals surface area (Å²) in [4.78, 5) is 15.5. The minimum Gasteiger partial charge on any atom is -0.384 e. The third-order valence-corrected chi connectivity index (χ3v) is 4.62. The number of methoxy groups -OCH3 is 1. The summed E-state index contributed by atoms with van der Waals surface area (Å²) in [6.07, 6.45) is 2.90. The lowest BCUT2D eigenvalue weighted by Gasteiger charge is -2.32. The van der Waals surface area contributed by atoms with Gasteiger partial charge in [0.15, 0.2) is 0 Å². The van der Waals surface area contributed by atoms with Crippen LogP contribution in [-0.4, -0.2) is 43.4 Å². The van der Waals surface area contributed by atoms with Crippen LogP contribution in [0.3, 0.4) is 0 Å². The molecular formula is C16H23NO2S. The van der Waals surface area contributed by atoms with E-state index in [1.54, 1.807) is 18.9 Å². The minimum absolute atomic E-state index is 0.286. The number of amides is 1. The molecule has 1 aliphatic heterocycles. The minimum atomic E-state index is 0.286. The lowest BCUT2D eigenvalue weighted by Crippen LogP contribution is -2.41. The number of benzene rings is 1. The first kappa shape index (κ1) is 15.4. The maximum atomic E-state index is 12.2.